The normalized spacial score (nSPS) is 18.1. The van der Waals surface area contributed by atoms with Crippen molar-refractivity contribution in [3.05, 3.63) is 63.5 Å². The average molecular weight is 587 g/mol. The zero-order valence-corrected chi connectivity index (χ0v) is 23.5. The molecule has 0 spiro atoms. The number of thioether (sulfide) groups is 1. The summed E-state index contributed by atoms with van der Waals surface area (Å²) in [7, 11) is 0. The van der Waals surface area contributed by atoms with Crippen LogP contribution in [0.1, 0.15) is 45.1 Å². The van der Waals surface area contributed by atoms with Crippen LogP contribution in [0.4, 0.5) is 11.4 Å². The molecule has 0 aromatic heterocycles. The first kappa shape index (κ1) is 26.6. The average Bonchev–Trinajstić information content (AvgIpc) is 3.28. The Morgan fingerprint density at radius 2 is 1.86 bits per heavy atom. The molecular weight excluding hydrogens is 558 g/mol. The fourth-order valence-electron chi connectivity index (χ4n) is 4.45. The van der Waals surface area contributed by atoms with E-state index in [4.69, 9.17) is 12.2 Å². The first-order chi connectivity index (χ1) is 17.3. The van der Waals surface area contributed by atoms with Gasteiger partial charge in [-0.15, -0.1) is 0 Å². The van der Waals surface area contributed by atoms with Gasteiger partial charge in [-0.2, -0.15) is 0 Å². The van der Waals surface area contributed by atoms with Crippen LogP contribution >= 0.6 is 39.9 Å². The Morgan fingerprint density at radius 3 is 2.58 bits per heavy atom. The molecule has 0 radical (unpaired) electrons. The van der Waals surface area contributed by atoms with Gasteiger partial charge >= 0.3 is 0 Å². The molecule has 36 heavy (non-hydrogen) atoms. The molecule has 0 unspecified atom stereocenters. The van der Waals surface area contributed by atoms with E-state index in [1.54, 1.807) is 23.1 Å². The summed E-state index contributed by atoms with van der Waals surface area (Å²) in [6, 6.07) is 14.5. The minimum absolute atomic E-state index is 0.166. The minimum atomic E-state index is -0.362. The Labute approximate surface area is 229 Å². The van der Waals surface area contributed by atoms with Crippen molar-refractivity contribution in [2.75, 3.05) is 23.3 Å². The molecule has 4 rings (SSSR count). The molecular formula is C27H28BrN3O3S2. The van der Waals surface area contributed by atoms with Gasteiger partial charge in [-0.25, -0.2) is 0 Å². The summed E-state index contributed by atoms with van der Waals surface area (Å²) >= 11 is 10.1. The summed E-state index contributed by atoms with van der Waals surface area (Å²) in [5.41, 5.74) is 2.21. The molecule has 2 aromatic rings. The van der Waals surface area contributed by atoms with Gasteiger partial charge < -0.3 is 5.32 Å². The largest absolute Gasteiger partial charge is 0.324 e. The van der Waals surface area contributed by atoms with E-state index in [0.29, 0.717) is 44.2 Å². The van der Waals surface area contributed by atoms with Crippen molar-refractivity contribution in [1.29, 1.82) is 0 Å². The number of para-hydroxylation sites is 1. The first-order valence-electron chi connectivity index (χ1n) is 12.1. The monoisotopic (exact) mass is 585 g/mol. The molecule has 3 amide bonds. The number of hydrogen-bond donors (Lipinski definition) is 1. The molecule has 2 aliphatic rings. The number of fused-ring (bicyclic) bond motifs is 1. The van der Waals surface area contributed by atoms with Crippen LogP contribution in [0, 0.1) is 5.92 Å². The number of hydrogen-bond acceptors (Lipinski definition) is 5. The zero-order valence-electron chi connectivity index (χ0n) is 20.3. The van der Waals surface area contributed by atoms with E-state index in [1.165, 1.54) is 16.7 Å². The Bertz CT molecular complexity index is 1250. The van der Waals surface area contributed by atoms with Crippen LogP contribution in [0.15, 0.2) is 57.9 Å². The van der Waals surface area contributed by atoms with Crippen molar-refractivity contribution in [1.82, 2.24) is 4.90 Å². The summed E-state index contributed by atoms with van der Waals surface area (Å²) in [6.45, 7) is 4.68. The summed E-state index contributed by atoms with van der Waals surface area (Å²) in [5, 5.41) is 2.83. The van der Waals surface area contributed by atoms with Crippen LogP contribution in [-0.2, 0) is 14.4 Å². The van der Waals surface area contributed by atoms with Crippen LogP contribution < -0.4 is 10.2 Å². The van der Waals surface area contributed by atoms with E-state index >= 15 is 0 Å². The maximum absolute atomic E-state index is 13.6. The summed E-state index contributed by atoms with van der Waals surface area (Å²) in [5.74, 6) is -0.550. The second-order valence-electron chi connectivity index (χ2n) is 8.87. The number of nitrogens with one attached hydrogen (secondary N) is 1. The molecule has 1 saturated heterocycles. The lowest BCUT2D eigenvalue weighted by molar-refractivity contribution is -0.123. The van der Waals surface area contributed by atoms with Crippen molar-refractivity contribution < 1.29 is 14.4 Å². The van der Waals surface area contributed by atoms with Crippen LogP contribution in [0.25, 0.3) is 5.57 Å². The minimum Gasteiger partial charge on any atom is -0.324 e. The SMILES string of the molecule is CCCC[C@H](CC)CN1C(=O)/C(=C2/C(=O)N(CC(=O)Nc3cccc(Br)c3)c3ccccc32)SC1=S. The van der Waals surface area contributed by atoms with E-state index in [0.717, 1.165) is 30.2 Å². The fourth-order valence-corrected chi connectivity index (χ4v) is 6.19. The third-order valence-electron chi connectivity index (χ3n) is 6.39. The lowest BCUT2D eigenvalue weighted by Crippen LogP contribution is -2.36. The summed E-state index contributed by atoms with van der Waals surface area (Å²) in [6.07, 6.45) is 4.22. The number of benzene rings is 2. The molecule has 0 saturated carbocycles. The molecule has 9 heteroatoms. The number of rotatable bonds is 9. The predicted octanol–water partition coefficient (Wildman–Crippen LogP) is 6.22. The van der Waals surface area contributed by atoms with Crippen LogP contribution in [0.5, 0.6) is 0 Å². The number of nitrogens with zero attached hydrogens (tertiary/aromatic N) is 2. The molecule has 0 aliphatic carbocycles. The van der Waals surface area contributed by atoms with E-state index in [9.17, 15) is 14.4 Å². The molecule has 0 bridgehead atoms. The van der Waals surface area contributed by atoms with Crippen LogP contribution in [-0.4, -0.2) is 40.0 Å². The number of amides is 3. The Morgan fingerprint density at radius 1 is 1.08 bits per heavy atom. The Balaban J connectivity index is 1.59. The van der Waals surface area contributed by atoms with Crippen molar-refractivity contribution in [3.8, 4) is 0 Å². The van der Waals surface area contributed by atoms with Gasteiger partial charge in [0.1, 0.15) is 10.9 Å². The van der Waals surface area contributed by atoms with Gasteiger partial charge in [0.15, 0.2) is 0 Å². The van der Waals surface area contributed by atoms with Gasteiger partial charge in [0.25, 0.3) is 11.8 Å². The maximum Gasteiger partial charge on any atom is 0.267 e. The van der Waals surface area contributed by atoms with Crippen LogP contribution in [0.2, 0.25) is 0 Å². The van der Waals surface area contributed by atoms with Crippen molar-refractivity contribution in [2.24, 2.45) is 5.92 Å². The zero-order chi connectivity index (χ0) is 25.8. The first-order valence-corrected chi connectivity index (χ1v) is 14.1. The second kappa shape index (κ2) is 11.7. The highest BCUT2D eigenvalue weighted by atomic mass is 79.9. The van der Waals surface area contributed by atoms with Crippen molar-refractivity contribution >= 4 is 78.9 Å². The van der Waals surface area contributed by atoms with E-state index in [-0.39, 0.29) is 24.3 Å². The standard InChI is InChI=1S/C27H28BrN3O3S2/c1-3-5-9-17(4-2)15-31-26(34)24(36-27(31)35)23-20-12-6-7-13-21(20)30(25(23)33)16-22(32)29-19-11-8-10-18(28)14-19/h6-8,10-14,17H,3-5,9,15-16H2,1-2H3,(H,29,32)/b24-23-/t17-/m0/s1. The predicted molar refractivity (Wildman–Crippen MR) is 154 cm³/mol. The molecule has 2 heterocycles. The third kappa shape index (κ3) is 5.58. The van der Waals surface area contributed by atoms with Gasteiger partial charge in [-0.1, -0.05) is 97.3 Å². The molecule has 6 nitrogen and oxygen atoms in total. The number of unbranched alkanes of at least 4 members (excludes halogenated alkanes) is 1. The Hall–Kier alpha value is -2.49. The van der Waals surface area contributed by atoms with Crippen molar-refractivity contribution in [3.63, 3.8) is 0 Å². The van der Waals surface area contributed by atoms with E-state index < -0.39 is 0 Å². The van der Waals surface area contributed by atoms with Gasteiger partial charge in [-0.3, -0.25) is 24.2 Å². The molecule has 2 aliphatic heterocycles. The van der Waals surface area contributed by atoms with Gasteiger partial charge in [0.2, 0.25) is 5.91 Å². The highest BCUT2D eigenvalue weighted by Crippen LogP contribution is 2.44. The molecule has 1 fully saturated rings. The lowest BCUT2D eigenvalue weighted by Gasteiger charge is -2.21. The number of thiocarbonyl (C=S) groups is 1. The highest BCUT2D eigenvalue weighted by Gasteiger charge is 2.42. The number of carbonyl (C=O) groups excluding carboxylic acids is 3. The fraction of sp³-hybridized carbons (Fsp3) is 0.333. The number of anilines is 2. The lowest BCUT2D eigenvalue weighted by atomic mass is 9.98. The van der Waals surface area contributed by atoms with E-state index in [1.807, 2.05) is 30.3 Å². The van der Waals surface area contributed by atoms with Gasteiger partial charge in [-0.05, 0) is 36.6 Å². The molecule has 2 aromatic carbocycles. The maximum atomic E-state index is 13.6. The summed E-state index contributed by atoms with van der Waals surface area (Å²) < 4.78 is 1.32. The smallest absolute Gasteiger partial charge is 0.267 e. The van der Waals surface area contributed by atoms with Gasteiger partial charge in [0, 0.05) is 22.3 Å². The quantitative estimate of drug-likeness (QED) is 0.279. The number of carbonyl (C=O) groups is 3. The van der Waals surface area contributed by atoms with Crippen LogP contribution in [0.3, 0.4) is 0 Å². The molecule has 1 N–H and O–H groups in total. The van der Waals surface area contributed by atoms with Gasteiger partial charge in [0.05, 0.1) is 16.2 Å². The molecule has 1 atom stereocenters. The summed E-state index contributed by atoms with van der Waals surface area (Å²) in [4.78, 5) is 43.4. The highest BCUT2D eigenvalue weighted by molar-refractivity contribution is 9.10. The second-order valence-corrected chi connectivity index (χ2v) is 11.4. The topological polar surface area (TPSA) is 69.7 Å². The van der Waals surface area contributed by atoms with Crippen molar-refractivity contribution in [2.45, 2.75) is 39.5 Å². The number of halogens is 1. The molecule has 188 valence electrons. The van der Waals surface area contributed by atoms with E-state index in [2.05, 4.69) is 35.1 Å². The Kier molecular flexibility index (Phi) is 8.64. The third-order valence-corrected chi connectivity index (χ3v) is 8.34.